The van der Waals surface area contributed by atoms with Crippen LogP contribution in [-0.2, 0) is 4.79 Å². The highest BCUT2D eigenvalue weighted by atomic mass is 32.2. The van der Waals surface area contributed by atoms with Gasteiger partial charge < -0.3 is 0 Å². The summed E-state index contributed by atoms with van der Waals surface area (Å²) in [4.78, 5) is 21.3. The summed E-state index contributed by atoms with van der Waals surface area (Å²) in [5.74, 6) is 2.38. The first-order valence-corrected chi connectivity index (χ1v) is 11.1. The Bertz CT molecular complexity index is 686. The third kappa shape index (κ3) is 3.08. The summed E-state index contributed by atoms with van der Waals surface area (Å²) in [5.41, 5.74) is -0.108. The predicted octanol–water partition coefficient (Wildman–Crippen LogP) is 3.75. The summed E-state index contributed by atoms with van der Waals surface area (Å²) in [5, 5.41) is 18.4. The van der Waals surface area contributed by atoms with Gasteiger partial charge in [0.15, 0.2) is 0 Å². The average Bonchev–Trinajstić information content (AvgIpc) is 2.57. The van der Waals surface area contributed by atoms with Crippen molar-refractivity contribution in [3.8, 4) is 6.07 Å². The third-order valence-corrected chi connectivity index (χ3v) is 8.02. The molecule has 0 spiro atoms. The number of rotatable bonds is 3. The van der Waals surface area contributed by atoms with Crippen LogP contribution in [0.5, 0.6) is 0 Å². The molecule has 0 radical (unpaired) electrons. The monoisotopic (exact) mass is 374 g/mol. The molecule has 4 saturated carbocycles. The number of thioether (sulfide) groups is 2. The number of ketones is 1. The van der Waals surface area contributed by atoms with Gasteiger partial charge in [0.2, 0.25) is 5.96 Å². The standard InChI is InChI=1S/C18H22N4OS2/c1-24-15-13(8-19)16(22-17(20)21-15)25-9-14(23)18-5-10-2-11(6-18)4-12(3-10)7-18/h10-13,20H,2-7,9H2,1H3. The van der Waals surface area contributed by atoms with E-state index in [-0.39, 0.29) is 11.4 Å². The van der Waals surface area contributed by atoms with E-state index in [2.05, 4.69) is 16.1 Å². The molecule has 132 valence electrons. The molecule has 1 heterocycles. The molecular weight excluding hydrogens is 352 g/mol. The maximum Gasteiger partial charge on any atom is 0.243 e. The van der Waals surface area contributed by atoms with Gasteiger partial charge in [-0.15, -0.1) is 23.5 Å². The van der Waals surface area contributed by atoms with Crippen LogP contribution in [0, 0.1) is 45.8 Å². The smallest absolute Gasteiger partial charge is 0.243 e. The summed E-state index contributed by atoms with van der Waals surface area (Å²) in [6.07, 6.45) is 9.04. The molecule has 0 aromatic rings. The molecule has 4 aliphatic carbocycles. The number of nitrogens with zero attached hydrogens (tertiary/aromatic N) is 3. The summed E-state index contributed by atoms with van der Waals surface area (Å²) >= 11 is 2.73. The zero-order valence-electron chi connectivity index (χ0n) is 14.3. The van der Waals surface area contributed by atoms with Crippen molar-refractivity contribution in [2.75, 3.05) is 12.0 Å². The lowest BCUT2D eigenvalue weighted by Crippen LogP contribution is -2.50. The van der Waals surface area contributed by atoms with E-state index >= 15 is 0 Å². The fourth-order valence-corrected chi connectivity index (χ4v) is 7.32. The van der Waals surface area contributed by atoms with E-state index in [1.165, 1.54) is 42.8 Å². The Morgan fingerprint density at radius 2 is 1.76 bits per heavy atom. The highest BCUT2D eigenvalue weighted by Crippen LogP contribution is 2.60. The molecule has 1 unspecified atom stereocenters. The number of nitriles is 1. The molecule has 0 amide bonds. The van der Waals surface area contributed by atoms with E-state index in [0.717, 1.165) is 37.0 Å². The molecule has 0 saturated heterocycles. The van der Waals surface area contributed by atoms with E-state index in [0.29, 0.717) is 21.6 Å². The minimum atomic E-state index is -0.529. The Morgan fingerprint density at radius 1 is 1.20 bits per heavy atom. The molecule has 25 heavy (non-hydrogen) atoms. The van der Waals surface area contributed by atoms with Crippen molar-refractivity contribution in [2.45, 2.75) is 38.5 Å². The van der Waals surface area contributed by atoms with Gasteiger partial charge in [-0.3, -0.25) is 10.2 Å². The van der Waals surface area contributed by atoms with E-state index in [4.69, 9.17) is 5.41 Å². The van der Waals surface area contributed by atoms with Gasteiger partial charge in [-0.25, -0.2) is 9.98 Å². The number of carbonyl (C=O) groups is 1. The summed E-state index contributed by atoms with van der Waals surface area (Å²) in [6, 6.07) is 2.22. The van der Waals surface area contributed by atoms with E-state index in [1.54, 1.807) is 0 Å². The van der Waals surface area contributed by atoms with Gasteiger partial charge in [-0.2, -0.15) is 5.26 Å². The van der Waals surface area contributed by atoms with Gasteiger partial charge in [0, 0.05) is 5.41 Å². The first-order chi connectivity index (χ1) is 12.0. The predicted molar refractivity (Wildman–Crippen MR) is 103 cm³/mol. The van der Waals surface area contributed by atoms with Crippen LogP contribution in [0.25, 0.3) is 0 Å². The highest BCUT2D eigenvalue weighted by Gasteiger charge is 2.54. The first-order valence-electron chi connectivity index (χ1n) is 8.88. The lowest BCUT2D eigenvalue weighted by molar-refractivity contribution is -0.140. The molecule has 1 aliphatic heterocycles. The third-order valence-electron chi connectivity index (χ3n) is 6.25. The second kappa shape index (κ2) is 6.55. The Hall–Kier alpha value is -1.13. The lowest BCUT2D eigenvalue weighted by atomic mass is 9.48. The van der Waals surface area contributed by atoms with Crippen molar-refractivity contribution < 1.29 is 4.79 Å². The largest absolute Gasteiger partial charge is 0.298 e. The summed E-state index contributed by atoms with van der Waals surface area (Å²) in [6.45, 7) is 0. The zero-order chi connectivity index (χ0) is 17.6. The molecule has 0 aromatic carbocycles. The number of aliphatic imine (C=N–C) groups is 2. The number of guanidine groups is 1. The Morgan fingerprint density at radius 3 is 2.28 bits per heavy atom. The lowest BCUT2D eigenvalue weighted by Gasteiger charge is -2.56. The van der Waals surface area contributed by atoms with Crippen LogP contribution in [-0.4, -0.2) is 33.8 Å². The molecule has 5 aliphatic rings. The second-order valence-corrected chi connectivity index (χ2v) is 9.72. The fourth-order valence-electron chi connectivity index (χ4n) is 5.60. The number of hydrogen-bond donors (Lipinski definition) is 1. The maximum absolute atomic E-state index is 13.1. The quantitative estimate of drug-likeness (QED) is 0.814. The normalized spacial score (nSPS) is 39.0. The van der Waals surface area contributed by atoms with Gasteiger partial charge in [0.25, 0.3) is 0 Å². The molecule has 1 N–H and O–H groups in total. The van der Waals surface area contributed by atoms with Gasteiger partial charge in [-0.05, 0) is 62.5 Å². The van der Waals surface area contributed by atoms with E-state index in [9.17, 15) is 10.1 Å². The number of nitrogens with one attached hydrogen (secondary N) is 1. The van der Waals surface area contributed by atoms with Crippen LogP contribution in [0.2, 0.25) is 0 Å². The molecule has 5 rings (SSSR count). The van der Waals surface area contributed by atoms with Crippen molar-refractivity contribution in [3.63, 3.8) is 0 Å². The zero-order valence-corrected chi connectivity index (χ0v) is 16.0. The van der Waals surface area contributed by atoms with Crippen molar-refractivity contribution in [3.05, 3.63) is 0 Å². The Labute approximate surface area is 156 Å². The van der Waals surface area contributed by atoms with Crippen molar-refractivity contribution >= 4 is 45.4 Å². The first kappa shape index (κ1) is 17.3. The van der Waals surface area contributed by atoms with E-state index in [1.807, 2.05) is 6.26 Å². The van der Waals surface area contributed by atoms with Crippen LogP contribution in [0.15, 0.2) is 9.98 Å². The molecular formula is C18H22N4OS2. The van der Waals surface area contributed by atoms with Crippen LogP contribution in [0.4, 0.5) is 0 Å². The summed E-state index contributed by atoms with van der Waals surface area (Å²) < 4.78 is 0. The maximum atomic E-state index is 13.1. The summed E-state index contributed by atoms with van der Waals surface area (Å²) in [7, 11) is 0. The molecule has 7 heteroatoms. The molecule has 1 atom stereocenters. The number of Topliss-reactive ketones (excluding diaryl/α,β-unsaturated/α-hetero) is 1. The molecule has 0 aromatic heterocycles. The van der Waals surface area contributed by atoms with Crippen LogP contribution >= 0.6 is 23.5 Å². The van der Waals surface area contributed by atoms with Crippen molar-refractivity contribution in [1.82, 2.24) is 0 Å². The van der Waals surface area contributed by atoms with Crippen LogP contribution in [0.3, 0.4) is 0 Å². The van der Waals surface area contributed by atoms with Crippen molar-refractivity contribution in [1.29, 1.82) is 10.7 Å². The van der Waals surface area contributed by atoms with Crippen molar-refractivity contribution in [2.24, 2.45) is 39.1 Å². The average molecular weight is 375 g/mol. The topological polar surface area (TPSA) is 89.4 Å². The molecule has 4 bridgehead atoms. The van der Waals surface area contributed by atoms with Crippen LogP contribution < -0.4 is 0 Å². The molecule has 5 nitrogen and oxygen atoms in total. The van der Waals surface area contributed by atoms with Gasteiger partial charge in [0.05, 0.1) is 11.8 Å². The number of hydrogen-bond acceptors (Lipinski definition) is 5. The van der Waals surface area contributed by atoms with Gasteiger partial charge in [0.1, 0.15) is 21.8 Å². The van der Waals surface area contributed by atoms with Crippen LogP contribution in [0.1, 0.15) is 38.5 Å². The van der Waals surface area contributed by atoms with E-state index < -0.39 is 5.92 Å². The Balaban J connectivity index is 1.46. The highest BCUT2D eigenvalue weighted by molar-refractivity contribution is 8.16. The SMILES string of the molecule is CSC1=NC(=N)N=C(SCC(=O)C23CC4CC(CC(C4)C2)C3)C1C#N. The van der Waals surface area contributed by atoms with Gasteiger partial charge >= 0.3 is 0 Å². The molecule has 4 fully saturated rings. The number of carbonyl (C=O) groups excluding carboxylic acids is 1. The van der Waals surface area contributed by atoms with Gasteiger partial charge in [-0.1, -0.05) is 0 Å². The second-order valence-electron chi connectivity index (χ2n) is 7.90. The fraction of sp³-hybridized carbons (Fsp3) is 0.722. The minimum Gasteiger partial charge on any atom is -0.298 e. The minimum absolute atomic E-state index is 0.0689. The Kier molecular flexibility index (Phi) is 4.53.